The van der Waals surface area contributed by atoms with Gasteiger partial charge < -0.3 is 4.74 Å². The van der Waals surface area contributed by atoms with Crippen LogP contribution in [0.4, 0.5) is 0 Å². The smallest absolute Gasteiger partial charge is 0.323 e. The Kier molecular flexibility index (Phi) is 2.27. The lowest BCUT2D eigenvalue weighted by Crippen LogP contribution is -2.09. The molecule has 1 rings (SSSR count). The molecule has 0 aliphatic heterocycles. The van der Waals surface area contributed by atoms with E-state index in [1.165, 1.54) is 6.33 Å². The second-order valence-corrected chi connectivity index (χ2v) is 1.74. The highest BCUT2D eigenvalue weighted by Crippen LogP contribution is 1.96. The van der Waals surface area contributed by atoms with Crippen LogP contribution >= 0.6 is 12.6 Å². The standard InChI is InChI=1S/C4H5N3O2S/c8-3(1-10)9-4-5-2-6-7-4/h2,10H,1H2,(H,5,6,7). The van der Waals surface area contributed by atoms with Gasteiger partial charge in [-0.1, -0.05) is 0 Å². The molecule has 1 heterocycles. The van der Waals surface area contributed by atoms with Gasteiger partial charge in [-0.15, -0.1) is 0 Å². The molecule has 0 atom stereocenters. The number of nitrogens with one attached hydrogen (secondary N) is 1. The summed E-state index contributed by atoms with van der Waals surface area (Å²) in [6.45, 7) is 0. The Labute approximate surface area is 62.2 Å². The summed E-state index contributed by atoms with van der Waals surface area (Å²) < 4.78 is 4.56. The van der Waals surface area contributed by atoms with Crippen LogP contribution in [0.1, 0.15) is 0 Å². The third kappa shape index (κ3) is 1.73. The number of rotatable bonds is 2. The number of hydrogen-bond acceptors (Lipinski definition) is 5. The molecule has 5 nitrogen and oxygen atoms in total. The van der Waals surface area contributed by atoms with Crippen molar-refractivity contribution in [3.63, 3.8) is 0 Å². The Balaban J connectivity index is 2.48. The maximum absolute atomic E-state index is 10.5. The van der Waals surface area contributed by atoms with Gasteiger partial charge >= 0.3 is 12.0 Å². The Morgan fingerprint density at radius 1 is 1.90 bits per heavy atom. The van der Waals surface area contributed by atoms with E-state index in [0.717, 1.165) is 0 Å². The molecule has 1 aromatic heterocycles. The topological polar surface area (TPSA) is 67.9 Å². The highest BCUT2D eigenvalue weighted by molar-refractivity contribution is 7.81. The van der Waals surface area contributed by atoms with Crippen molar-refractivity contribution in [1.29, 1.82) is 0 Å². The average Bonchev–Trinajstić information content (AvgIpc) is 2.40. The van der Waals surface area contributed by atoms with Gasteiger partial charge in [0.05, 0.1) is 5.75 Å². The lowest BCUT2D eigenvalue weighted by Gasteiger charge is -1.93. The molecule has 0 aromatic carbocycles. The van der Waals surface area contributed by atoms with Gasteiger partial charge in [0.25, 0.3) is 0 Å². The fourth-order valence-electron chi connectivity index (χ4n) is 0.384. The summed E-state index contributed by atoms with van der Waals surface area (Å²) in [4.78, 5) is 14.1. The van der Waals surface area contributed by atoms with Crippen LogP contribution in [0.2, 0.25) is 0 Å². The van der Waals surface area contributed by atoms with Gasteiger partial charge in [-0.3, -0.25) is 4.79 Å². The largest absolute Gasteiger partial charge is 0.391 e. The lowest BCUT2D eigenvalue weighted by atomic mass is 10.8. The maximum atomic E-state index is 10.5. The predicted molar refractivity (Wildman–Crippen MR) is 35.9 cm³/mol. The Morgan fingerprint density at radius 3 is 3.20 bits per heavy atom. The third-order valence-electron chi connectivity index (χ3n) is 0.733. The van der Waals surface area contributed by atoms with Crippen LogP contribution in [-0.4, -0.2) is 26.9 Å². The van der Waals surface area contributed by atoms with E-state index in [1.807, 2.05) is 0 Å². The van der Waals surface area contributed by atoms with Gasteiger partial charge in [0.2, 0.25) is 0 Å². The van der Waals surface area contributed by atoms with E-state index in [4.69, 9.17) is 0 Å². The molecule has 0 spiro atoms. The van der Waals surface area contributed by atoms with Crippen LogP contribution in [0.25, 0.3) is 0 Å². The van der Waals surface area contributed by atoms with E-state index >= 15 is 0 Å². The first-order valence-corrected chi connectivity index (χ1v) is 3.13. The van der Waals surface area contributed by atoms with Gasteiger partial charge in [0.15, 0.2) is 0 Å². The van der Waals surface area contributed by atoms with E-state index in [-0.39, 0.29) is 11.8 Å². The minimum atomic E-state index is -0.458. The summed E-state index contributed by atoms with van der Waals surface area (Å²) in [5.74, 6) is -0.430. The first-order valence-electron chi connectivity index (χ1n) is 2.50. The highest BCUT2D eigenvalue weighted by atomic mass is 32.1. The Hall–Kier alpha value is -1.04. The van der Waals surface area contributed by atoms with Gasteiger partial charge in [-0.05, 0) is 0 Å². The molecule has 0 saturated heterocycles. The first-order chi connectivity index (χ1) is 4.83. The zero-order chi connectivity index (χ0) is 7.40. The van der Waals surface area contributed by atoms with Crippen LogP contribution < -0.4 is 4.74 Å². The lowest BCUT2D eigenvalue weighted by molar-refractivity contribution is -0.131. The minimum Gasteiger partial charge on any atom is -0.391 e. The fraction of sp³-hybridized carbons (Fsp3) is 0.250. The number of H-pyrrole nitrogens is 1. The number of carbonyl (C=O) groups is 1. The van der Waals surface area contributed by atoms with Crippen molar-refractivity contribution in [3.8, 4) is 6.01 Å². The van der Waals surface area contributed by atoms with Crippen molar-refractivity contribution in [1.82, 2.24) is 15.2 Å². The average molecular weight is 159 g/mol. The van der Waals surface area contributed by atoms with E-state index in [1.54, 1.807) is 0 Å². The number of nitrogens with zero attached hydrogens (tertiary/aromatic N) is 2. The van der Waals surface area contributed by atoms with Crippen molar-refractivity contribution in [2.24, 2.45) is 0 Å². The molecule has 0 aliphatic carbocycles. The summed E-state index contributed by atoms with van der Waals surface area (Å²) in [6.07, 6.45) is 1.25. The predicted octanol–water partition coefficient (Wildman–Crippen LogP) is -0.360. The summed E-state index contributed by atoms with van der Waals surface area (Å²) in [6, 6.07) is 0.0963. The summed E-state index contributed by atoms with van der Waals surface area (Å²) in [5, 5.41) is 5.84. The molecule has 1 N–H and O–H groups in total. The molecule has 0 fully saturated rings. The molecule has 0 amide bonds. The van der Waals surface area contributed by atoms with Crippen molar-refractivity contribution in [2.75, 3.05) is 5.75 Å². The SMILES string of the molecule is O=C(CS)Oc1ncn[nH]1. The van der Waals surface area contributed by atoms with Crippen LogP contribution in [0.3, 0.4) is 0 Å². The molecule has 54 valence electrons. The molecule has 0 unspecified atom stereocenters. The van der Waals surface area contributed by atoms with Crippen LogP contribution in [0, 0.1) is 0 Å². The van der Waals surface area contributed by atoms with E-state index < -0.39 is 5.97 Å². The van der Waals surface area contributed by atoms with E-state index in [2.05, 4.69) is 32.5 Å². The fourth-order valence-corrected chi connectivity index (χ4v) is 0.448. The second-order valence-electron chi connectivity index (χ2n) is 1.42. The molecular weight excluding hydrogens is 154 g/mol. The number of aromatic nitrogens is 3. The molecule has 1 aromatic rings. The summed E-state index contributed by atoms with van der Waals surface area (Å²) in [7, 11) is 0. The zero-order valence-corrected chi connectivity index (χ0v) is 5.84. The van der Waals surface area contributed by atoms with Crippen LogP contribution in [-0.2, 0) is 4.79 Å². The Bertz CT molecular complexity index is 210. The van der Waals surface area contributed by atoms with Crippen LogP contribution in [0.15, 0.2) is 6.33 Å². The first kappa shape index (κ1) is 7.07. The number of carbonyl (C=O) groups excluding carboxylic acids is 1. The van der Waals surface area contributed by atoms with Gasteiger partial charge in [-0.2, -0.15) is 22.7 Å². The van der Waals surface area contributed by atoms with Crippen molar-refractivity contribution < 1.29 is 9.53 Å². The molecule has 6 heteroatoms. The molecule has 0 bridgehead atoms. The monoisotopic (exact) mass is 159 g/mol. The normalized spacial score (nSPS) is 9.30. The number of esters is 1. The van der Waals surface area contributed by atoms with Crippen molar-refractivity contribution in [2.45, 2.75) is 0 Å². The number of thiol groups is 1. The highest BCUT2D eigenvalue weighted by Gasteiger charge is 2.02. The summed E-state index contributed by atoms with van der Waals surface area (Å²) in [5.41, 5.74) is 0. The van der Waals surface area contributed by atoms with Crippen LogP contribution in [0.5, 0.6) is 6.01 Å². The number of aromatic amines is 1. The van der Waals surface area contributed by atoms with Crippen molar-refractivity contribution >= 4 is 18.6 Å². The second kappa shape index (κ2) is 3.21. The zero-order valence-electron chi connectivity index (χ0n) is 4.94. The van der Waals surface area contributed by atoms with Gasteiger partial charge in [0.1, 0.15) is 6.33 Å². The molecule has 0 radical (unpaired) electrons. The van der Waals surface area contributed by atoms with Gasteiger partial charge in [-0.25, -0.2) is 5.10 Å². The Morgan fingerprint density at radius 2 is 2.70 bits per heavy atom. The van der Waals surface area contributed by atoms with Crippen molar-refractivity contribution in [3.05, 3.63) is 6.33 Å². The maximum Gasteiger partial charge on any atom is 0.323 e. The summed E-state index contributed by atoms with van der Waals surface area (Å²) >= 11 is 3.69. The molecule has 0 aliphatic rings. The molecular formula is C4H5N3O2S. The third-order valence-corrected chi connectivity index (χ3v) is 0.991. The van der Waals surface area contributed by atoms with E-state index in [9.17, 15) is 4.79 Å². The minimum absolute atomic E-state index is 0.0285. The number of hydrogen-bond donors (Lipinski definition) is 2. The molecule has 10 heavy (non-hydrogen) atoms. The molecule has 0 saturated carbocycles. The number of ether oxygens (including phenoxy) is 1. The van der Waals surface area contributed by atoms with Gasteiger partial charge in [0, 0.05) is 0 Å². The quantitative estimate of drug-likeness (QED) is 0.456. The van der Waals surface area contributed by atoms with E-state index in [0.29, 0.717) is 0 Å².